The second-order valence-corrected chi connectivity index (χ2v) is 6.63. The molecule has 1 aromatic carbocycles. The van der Waals surface area contributed by atoms with Crippen molar-refractivity contribution in [2.45, 2.75) is 26.3 Å². The van der Waals surface area contributed by atoms with Gasteiger partial charge < -0.3 is 15.1 Å². The highest BCUT2D eigenvalue weighted by atomic mass is 19.1. The standard InChI is InChI=1S/C20H25FN4O/c1-3-15(2)23-20(26)19-14-18(8-9-22-19)25-12-10-24(11-13-25)17-6-4-16(21)5-7-17/h4-9,14-15H,3,10-13H2,1-2H3,(H,23,26). The van der Waals surface area contributed by atoms with Crippen molar-refractivity contribution in [3.05, 3.63) is 54.1 Å². The van der Waals surface area contributed by atoms with Crippen LogP contribution in [-0.2, 0) is 0 Å². The molecule has 26 heavy (non-hydrogen) atoms. The minimum absolute atomic E-state index is 0.132. The average molecular weight is 356 g/mol. The number of benzene rings is 1. The van der Waals surface area contributed by atoms with E-state index in [0.717, 1.165) is 44.0 Å². The maximum absolute atomic E-state index is 13.1. The Kier molecular flexibility index (Phi) is 5.71. The highest BCUT2D eigenvalue weighted by molar-refractivity contribution is 5.93. The molecule has 0 radical (unpaired) electrons. The maximum atomic E-state index is 13.1. The van der Waals surface area contributed by atoms with Gasteiger partial charge in [0, 0.05) is 49.8 Å². The second-order valence-electron chi connectivity index (χ2n) is 6.63. The molecule has 1 N–H and O–H groups in total. The first kappa shape index (κ1) is 18.2. The summed E-state index contributed by atoms with van der Waals surface area (Å²) in [6, 6.07) is 10.5. The summed E-state index contributed by atoms with van der Waals surface area (Å²) in [5.74, 6) is -0.349. The molecule has 2 aromatic rings. The molecule has 1 unspecified atom stereocenters. The summed E-state index contributed by atoms with van der Waals surface area (Å²) in [6.07, 6.45) is 2.57. The zero-order chi connectivity index (χ0) is 18.5. The van der Waals surface area contributed by atoms with Crippen LogP contribution in [0.2, 0.25) is 0 Å². The van der Waals surface area contributed by atoms with Crippen molar-refractivity contribution >= 4 is 17.3 Å². The van der Waals surface area contributed by atoms with Crippen LogP contribution in [0, 0.1) is 5.82 Å². The Morgan fingerprint density at radius 1 is 1.12 bits per heavy atom. The first-order valence-electron chi connectivity index (χ1n) is 9.09. The van der Waals surface area contributed by atoms with Crippen molar-refractivity contribution < 1.29 is 9.18 Å². The van der Waals surface area contributed by atoms with Gasteiger partial charge in [-0.15, -0.1) is 0 Å². The third kappa shape index (κ3) is 4.31. The van der Waals surface area contributed by atoms with Crippen LogP contribution in [-0.4, -0.2) is 43.1 Å². The number of rotatable bonds is 5. The molecule has 6 heteroatoms. The van der Waals surface area contributed by atoms with Crippen molar-refractivity contribution in [3.8, 4) is 0 Å². The summed E-state index contributed by atoms with van der Waals surface area (Å²) in [6.45, 7) is 7.40. The van der Waals surface area contributed by atoms with Gasteiger partial charge in [0.1, 0.15) is 11.5 Å². The van der Waals surface area contributed by atoms with Crippen LogP contribution in [0.1, 0.15) is 30.8 Å². The molecule has 1 aromatic heterocycles. The van der Waals surface area contributed by atoms with Gasteiger partial charge in [0.05, 0.1) is 0 Å². The molecule has 0 spiro atoms. The largest absolute Gasteiger partial charge is 0.368 e. The molecule has 0 bridgehead atoms. The van der Waals surface area contributed by atoms with E-state index >= 15 is 0 Å². The second kappa shape index (κ2) is 8.17. The molecule has 5 nitrogen and oxygen atoms in total. The fourth-order valence-electron chi connectivity index (χ4n) is 3.01. The van der Waals surface area contributed by atoms with E-state index in [-0.39, 0.29) is 17.8 Å². The predicted molar refractivity (Wildman–Crippen MR) is 102 cm³/mol. The number of carbonyl (C=O) groups is 1. The topological polar surface area (TPSA) is 48.5 Å². The van der Waals surface area contributed by atoms with Gasteiger partial charge in [-0.2, -0.15) is 0 Å². The lowest BCUT2D eigenvalue weighted by molar-refractivity contribution is 0.0934. The van der Waals surface area contributed by atoms with Crippen molar-refractivity contribution in [2.75, 3.05) is 36.0 Å². The van der Waals surface area contributed by atoms with E-state index in [1.54, 1.807) is 6.20 Å². The number of halogens is 1. The number of pyridine rings is 1. The number of amides is 1. The Morgan fingerprint density at radius 3 is 2.35 bits per heavy atom. The number of nitrogens with zero attached hydrogens (tertiary/aromatic N) is 3. The van der Waals surface area contributed by atoms with Crippen LogP contribution in [0.3, 0.4) is 0 Å². The number of piperazine rings is 1. The highest BCUT2D eigenvalue weighted by Crippen LogP contribution is 2.21. The molecule has 1 fully saturated rings. The van der Waals surface area contributed by atoms with E-state index in [9.17, 15) is 9.18 Å². The summed E-state index contributed by atoms with van der Waals surface area (Å²) in [5.41, 5.74) is 2.49. The summed E-state index contributed by atoms with van der Waals surface area (Å²) >= 11 is 0. The normalized spacial score (nSPS) is 15.7. The zero-order valence-electron chi connectivity index (χ0n) is 15.3. The summed E-state index contributed by atoms with van der Waals surface area (Å²) in [4.78, 5) is 21.0. The van der Waals surface area contributed by atoms with Crippen molar-refractivity contribution in [2.24, 2.45) is 0 Å². The Balaban J connectivity index is 1.63. The third-order valence-corrected chi connectivity index (χ3v) is 4.80. The molecule has 1 amide bonds. The van der Waals surface area contributed by atoms with E-state index < -0.39 is 0 Å². The van der Waals surface area contributed by atoms with Gasteiger partial charge in [-0.05, 0) is 49.7 Å². The van der Waals surface area contributed by atoms with E-state index in [1.807, 2.05) is 38.1 Å². The summed E-state index contributed by atoms with van der Waals surface area (Å²) in [5, 5.41) is 2.95. The van der Waals surface area contributed by atoms with Crippen LogP contribution in [0.5, 0.6) is 0 Å². The van der Waals surface area contributed by atoms with E-state index in [2.05, 4.69) is 20.1 Å². The lowest BCUT2D eigenvalue weighted by Gasteiger charge is -2.37. The Hall–Kier alpha value is -2.63. The van der Waals surface area contributed by atoms with Crippen molar-refractivity contribution in [1.29, 1.82) is 0 Å². The molecule has 1 saturated heterocycles. The molecule has 138 valence electrons. The quantitative estimate of drug-likeness (QED) is 0.894. The summed E-state index contributed by atoms with van der Waals surface area (Å²) < 4.78 is 13.1. The Bertz CT molecular complexity index is 742. The maximum Gasteiger partial charge on any atom is 0.270 e. The van der Waals surface area contributed by atoms with Gasteiger partial charge >= 0.3 is 0 Å². The molecular weight excluding hydrogens is 331 g/mol. The molecule has 2 heterocycles. The Morgan fingerprint density at radius 2 is 1.73 bits per heavy atom. The van der Waals surface area contributed by atoms with E-state index in [1.165, 1.54) is 12.1 Å². The smallest absolute Gasteiger partial charge is 0.270 e. The van der Waals surface area contributed by atoms with Gasteiger partial charge in [-0.3, -0.25) is 9.78 Å². The van der Waals surface area contributed by atoms with Crippen molar-refractivity contribution in [1.82, 2.24) is 10.3 Å². The predicted octanol–water partition coefficient (Wildman–Crippen LogP) is 3.08. The van der Waals surface area contributed by atoms with Crippen LogP contribution < -0.4 is 15.1 Å². The van der Waals surface area contributed by atoms with E-state index in [0.29, 0.717) is 5.69 Å². The lowest BCUT2D eigenvalue weighted by Crippen LogP contribution is -2.46. The Labute approximate surface area is 153 Å². The van der Waals surface area contributed by atoms with Gasteiger partial charge in [-0.25, -0.2) is 4.39 Å². The van der Waals surface area contributed by atoms with Gasteiger partial charge in [0.2, 0.25) is 0 Å². The number of carbonyl (C=O) groups excluding carboxylic acids is 1. The molecule has 0 saturated carbocycles. The molecule has 1 aliphatic rings. The van der Waals surface area contributed by atoms with E-state index in [4.69, 9.17) is 0 Å². The molecule has 1 atom stereocenters. The van der Waals surface area contributed by atoms with Gasteiger partial charge in [-0.1, -0.05) is 6.92 Å². The van der Waals surface area contributed by atoms with Crippen LogP contribution >= 0.6 is 0 Å². The first-order chi connectivity index (χ1) is 12.6. The van der Waals surface area contributed by atoms with Crippen LogP contribution in [0.4, 0.5) is 15.8 Å². The minimum atomic E-state index is -0.215. The fourth-order valence-corrected chi connectivity index (χ4v) is 3.01. The number of anilines is 2. The molecule has 3 rings (SSSR count). The monoisotopic (exact) mass is 356 g/mol. The van der Waals surface area contributed by atoms with Crippen LogP contribution in [0.15, 0.2) is 42.6 Å². The molecular formula is C20H25FN4O. The van der Waals surface area contributed by atoms with Gasteiger partial charge in [0.25, 0.3) is 5.91 Å². The zero-order valence-corrected chi connectivity index (χ0v) is 15.3. The molecule has 0 aliphatic carbocycles. The highest BCUT2D eigenvalue weighted by Gasteiger charge is 2.19. The minimum Gasteiger partial charge on any atom is -0.368 e. The number of aromatic nitrogens is 1. The average Bonchev–Trinajstić information content (AvgIpc) is 2.68. The third-order valence-electron chi connectivity index (χ3n) is 4.80. The number of hydrogen-bond acceptors (Lipinski definition) is 4. The fraction of sp³-hybridized carbons (Fsp3) is 0.400. The lowest BCUT2D eigenvalue weighted by atomic mass is 10.2. The molecule has 1 aliphatic heterocycles. The first-order valence-corrected chi connectivity index (χ1v) is 9.09. The van der Waals surface area contributed by atoms with Crippen molar-refractivity contribution in [3.63, 3.8) is 0 Å². The SMILES string of the molecule is CCC(C)NC(=O)c1cc(N2CCN(c3ccc(F)cc3)CC2)ccn1. The van der Waals surface area contributed by atoms with Crippen LogP contribution in [0.25, 0.3) is 0 Å². The number of nitrogens with one attached hydrogen (secondary N) is 1. The number of hydrogen-bond donors (Lipinski definition) is 1. The summed E-state index contributed by atoms with van der Waals surface area (Å²) in [7, 11) is 0. The van der Waals surface area contributed by atoms with Gasteiger partial charge in [0.15, 0.2) is 0 Å².